The quantitative estimate of drug-likeness (QED) is 0.610. The second kappa shape index (κ2) is 3.32. The summed E-state index contributed by atoms with van der Waals surface area (Å²) in [7, 11) is 0. The molecule has 0 unspecified atom stereocenters. The molecule has 0 spiro atoms. The van der Waals surface area contributed by atoms with Crippen LogP contribution in [-0.4, -0.2) is 16.1 Å². The lowest BCUT2D eigenvalue weighted by atomic mass is 10.1. The van der Waals surface area contributed by atoms with Crippen molar-refractivity contribution in [1.82, 2.24) is 9.78 Å². The third kappa shape index (κ3) is 1.67. The molecule has 0 saturated heterocycles. The fourth-order valence-corrected chi connectivity index (χ4v) is 1.06. The number of hydrogen-bond acceptors (Lipinski definition) is 2. The van der Waals surface area contributed by atoms with Gasteiger partial charge >= 0.3 is 0 Å². The standard InChI is InChI=1S/C8H12N2O/c1-7(2)8-3-4-9-10(8)5-6-11/h3-4,6-7H,5H2,1-2H3. The summed E-state index contributed by atoms with van der Waals surface area (Å²) in [5.41, 5.74) is 1.11. The van der Waals surface area contributed by atoms with Crippen molar-refractivity contribution >= 4 is 6.29 Å². The summed E-state index contributed by atoms with van der Waals surface area (Å²) in [6.45, 7) is 4.52. The average molecular weight is 152 g/mol. The van der Waals surface area contributed by atoms with Crippen molar-refractivity contribution in [3.8, 4) is 0 Å². The van der Waals surface area contributed by atoms with E-state index in [1.807, 2.05) is 6.07 Å². The predicted molar refractivity (Wildman–Crippen MR) is 42.4 cm³/mol. The van der Waals surface area contributed by atoms with Gasteiger partial charge in [0.2, 0.25) is 0 Å². The summed E-state index contributed by atoms with van der Waals surface area (Å²) in [5, 5.41) is 4.01. The average Bonchev–Trinajstić information content (AvgIpc) is 2.36. The highest BCUT2D eigenvalue weighted by molar-refractivity contribution is 5.49. The summed E-state index contributed by atoms with van der Waals surface area (Å²) in [4.78, 5) is 10.2. The van der Waals surface area contributed by atoms with Crippen LogP contribution in [0.1, 0.15) is 25.5 Å². The van der Waals surface area contributed by atoms with Crippen LogP contribution in [0.4, 0.5) is 0 Å². The van der Waals surface area contributed by atoms with Gasteiger partial charge in [-0.25, -0.2) is 0 Å². The predicted octanol–water partition coefficient (Wildman–Crippen LogP) is 1.21. The van der Waals surface area contributed by atoms with E-state index in [0.717, 1.165) is 12.0 Å². The van der Waals surface area contributed by atoms with Gasteiger partial charge in [0.15, 0.2) is 0 Å². The molecule has 3 heteroatoms. The van der Waals surface area contributed by atoms with E-state index < -0.39 is 0 Å². The van der Waals surface area contributed by atoms with Crippen molar-refractivity contribution in [2.75, 3.05) is 0 Å². The largest absolute Gasteiger partial charge is 0.301 e. The monoisotopic (exact) mass is 152 g/mol. The normalized spacial score (nSPS) is 10.5. The van der Waals surface area contributed by atoms with Gasteiger partial charge in [0.25, 0.3) is 0 Å². The lowest BCUT2D eigenvalue weighted by Crippen LogP contribution is -2.06. The van der Waals surface area contributed by atoms with Crippen LogP contribution in [0.15, 0.2) is 12.3 Å². The number of hydrogen-bond donors (Lipinski definition) is 0. The Kier molecular flexibility index (Phi) is 2.41. The highest BCUT2D eigenvalue weighted by Gasteiger charge is 2.04. The topological polar surface area (TPSA) is 34.9 Å². The van der Waals surface area contributed by atoms with Crippen LogP contribution in [0.2, 0.25) is 0 Å². The zero-order valence-electron chi connectivity index (χ0n) is 6.82. The maximum atomic E-state index is 10.2. The molecular formula is C8H12N2O. The van der Waals surface area contributed by atoms with Crippen LogP contribution < -0.4 is 0 Å². The Balaban J connectivity index is 2.86. The molecular weight excluding hydrogens is 140 g/mol. The second-order valence-electron chi connectivity index (χ2n) is 2.76. The van der Waals surface area contributed by atoms with Gasteiger partial charge in [-0.15, -0.1) is 0 Å². The first-order valence-electron chi connectivity index (χ1n) is 3.71. The fraction of sp³-hybridized carbons (Fsp3) is 0.500. The third-order valence-electron chi connectivity index (χ3n) is 1.59. The van der Waals surface area contributed by atoms with Crippen molar-refractivity contribution in [2.24, 2.45) is 0 Å². The smallest absolute Gasteiger partial charge is 0.141 e. The van der Waals surface area contributed by atoms with E-state index >= 15 is 0 Å². The molecule has 0 amide bonds. The molecule has 0 radical (unpaired) electrons. The van der Waals surface area contributed by atoms with Gasteiger partial charge in [0.05, 0.1) is 6.54 Å². The molecule has 60 valence electrons. The minimum absolute atomic E-state index is 0.362. The molecule has 0 saturated carbocycles. The van der Waals surface area contributed by atoms with Crippen molar-refractivity contribution in [3.05, 3.63) is 18.0 Å². The summed E-state index contributed by atoms with van der Waals surface area (Å²) < 4.78 is 1.72. The van der Waals surface area contributed by atoms with Crippen molar-refractivity contribution in [2.45, 2.75) is 26.3 Å². The van der Waals surface area contributed by atoms with Crippen LogP contribution >= 0.6 is 0 Å². The summed E-state index contributed by atoms with van der Waals surface area (Å²) >= 11 is 0. The lowest BCUT2D eigenvalue weighted by Gasteiger charge is -2.05. The van der Waals surface area contributed by atoms with Crippen molar-refractivity contribution in [1.29, 1.82) is 0 Å². The number of aromatic nitrogens is 2. The van der Waals surface area contributed by atoms with Crippen molar-refractivity contribution < 1.29 is 4.79 Å². The SMILES string of the molecule is CC(C)c1ccnn1CC=O. The molecule has 0 aromatic carbocycles. The molecule has 1 heterocycles. The van der Waals surface area contributed by atoms with E-state index in [-0.39, 0.29) is 0 Å². The van der Waals surface area contributed by atoms with Crippen LogP contribution in [-0.2, 0) is 11.3 Å². The third-order valence-corrected chi connectivity index (χ3v) is 1.59. The zero-order chi connectivity index (χ0) is 8.27. The molecule has 1 aromatic heterocycles. The van der Waals surface area contributed by atoms with E-state index in [1.54, 1.807) is 10.9 Å². The maximum Gasteiger partial charge on any atom is 0.141 e. The summed E-state index contributed by atoms with van der Waals surface area (Å²) in [5.74, 6) is 0.428. The molecule has 0 N–H and O–H groups in total. The second-order valence-corrected chi connectivity index (χ2v) is 2.76. The van der Waals surface area contributed by atoms with Gasteiger partial charge in [0, 0.05) is 11.9 Å². The Labute approximate surface area is 66.0 Å². The Morgan fingerprint density at radius 2 is 2.45 bits per heavy atom. The van der Waals surface area contributed by atoms with Crippen LogP contribution in [0.3, 0.4) is 0 Å². The van der Waals surface area contributed by atoms with Gasteiger partial charge in [-0.1, -0.05) is 13.8 Å². The molecule has 0 aliphatic carbocycles. The number of nitrogens with zero attached hydrogens (tertiary/aromatic N) is 2. The molecule has 11 heavy (non-hydrogen) atoms. The first kappa shape index (κ1) is 7.98. The highest BCUT2D eigenvalue weighted by atomic mass is 16.1. The van der Waals surface area contributed by atoms with Gasteiger partial charge in [-0.2, -0.15) is 5.10 Å². The first-order valence-corrected chi connectivity index (χ1v) is 3.71. The van der Waals surface area contributed by atoms with E-state index in [9.17, 15) is 4.79 Å². The Hall–Kier alpha value is -1.12. The molecule has 1 aromatic rings. The molecule has 0 fully saturated rings. The summed E-state index contributed by atoms with van der Waals surface area (Å²) in [6, 6.07) is 1.94. The van der Waals surface area contributed by atoms with E-state index in [1.165, 1.54) is 0 Å². The zero-order valence-corrected chi connectivity index (χ0v) is 6.82. The summed E-state index contributed by atoms with van der Waals surface area (Å²) in [6.07, 6.45) is 2.58. The van der Waals surface area contributed by atoms with Crippen LogP contribution in [0, 0.1) is 0 Å². The molecule has 3 nitrogen and oxygen atoms in total. The maximum absolute atomic E-state index is 10.2. The molecule has 0 aliphatic rings. The molecule has 0 bridgehead atoms. The Morgan fingerprint density at radius 1 is 1.73 bits per heavy atom. The van der Waals surface area contributed by atoms with E-state index in [0.29, 0.717) is 12.5 Å². The molecule has 0 aliphatic heterocycles. The van der Waals surface area contributed by atoms with Gasteiger partial charge in [-0.05, 0) is 12.0 Å². The Bertz CT molecular complexity index is 240. The molecule has 0 atom stereocenters. The number of carbonyl (C=O) groups is 1. The Morgan fingerprint density at radius 3 is 3.00 bits per heavy atom. The van der Waals surface area contributed by atoms with E-state index in [4.69, 9.17) is 0 Å². The fourth-order valence-electron chi connectivity index (χ4n) is 1.06. The van der Waals surface area contributed by atoms with Gasteiger partial charge in [-0.3, -0.25) is 4.68 Å². The van der Waals surface area contributed by atoms with Crippen LogP contribution in [0.5, 0.6) is 0 Å². The van der Waals surface area contributed by atoms with Gasteiger partial charge in [0.1, 0.15) is 6.29 Å². The molecule has 1 rings (SSSR count). The number of aldehydes is 1. The number of carbonyl (C=O) groups excluding carboxylic acids is 1. The lowest BCUT2D eigenvalue weighted by molar-refractivity contribution is -0.108. The first-order chi connectivity index (χ1) is 5.25. The minimum Gasteiger partial charge on any atom is -0.301 e. The van der Waals surface area contributed by atoms with Crippen molar-refractivity contribution in [3.63, 3.8) is 0 Å². The highest BCUT2D eigenvalue weighted by Crippen LogP contribution is 2.12. The van der Waals surface area contributed by atoms with E-state index in [2.05, 4.69) is 18.9 Å². The van der Waals surface area contributed by atoms with Crippen LogP contribution in [0.25, 0.3) is 0 Å². The number of rotatable bonds is 3. The minimum atomic E-state index is 0.362. The van der Waals surface area contributed by atoms with Gasteiger partial charge < -0.3 is 4.79 Å².